The molecule has 0 radical (unpaired) electrons. The normalized spacial score (nSPS) is 14.8. The highest BCUT2D eigenvalue weighted by Gasteiger charge is 2.36. The lowest BCUT2D eigenvalue weighted by Gasteiger charge is -2.26. The van der Waals surface area contributed by atoms with Crippen molar-refractivity contribution in [2.24, 2.45) is 10.2 Å². The Morgan fingerprint density at radius 2 is 1.56 bits per heavy atom. The van der Waals surface area contributed by atoms with Crippen molar-refractivity contribution in [3.05, 3.63) is 135 Å². The van der Waals surface area contributed by atoms with E-state index in [4.69, 9.17) is 9.84 Å². The first-order chi connectivity index (χ1) is 26.6. The Kier molecular flexibility index (Phi) is 8.63. The van der Waals surface area contributed by atoms with Crippen LogP contribution in [0.1, 0.15) is 53.5 Å². The summed E-state index contributed by atoms with van der Waals surface area (Å²) in [6, 6.07) is 29.0. The highest BCUT2D eigenvalue weighted by molar-refractivity contribution is 6.02. The predicted octanol–water partition coefficient (Wildman–Crippen LogP) is 9.46. The molecule has 0 saturated carbocycles. The molecule has 0 atom stereocenters. The van der Waals surface area contributed by atoms with E-state index in [0.717, 1.165) is 72.1 Å². The van der Waals surface area contributed by atoms with Gasteiger partial charge in [-0.15, -0.1) is 0 Å². The Balaban J connectivity index is 1.15. The molecule has 6 aromatic rings. The molecule has 0 aromatic heterocycles. The van der Waals surface area contributed by atoms with Crippen molar-refractivity contribution in [3.63, 3.8) is 0 Å². The van der Waals surface area contributed by atoms with Crippen LogP contribution in [-0.4, -0.2) is 37.8 Å². The Labute approximate surface area is 315 Å². The fourth-order valence-corrected chi connectivity index (χ4v) is 8.59. The Morgan fingerprint density at radius 1 is 0.818 bits per heavy atom. The molecule has 3 aliphatic heterocycles. The van der Waals surface area contributed by atoms with Gasteiger partial charge in [-0.1, -0.05) is 30.3 Å². The summed E-state index contributed by atoms with van der Waals surface area (Å²) in [5.41, 5.74) is 5.34. The van der Waals surface area contributed by atoms with E-state index < -0.39 is 17.7 Å². The number of nitrogens with zero attached hydrogens (tertiary/aromatic N) is 4. The maximum absolute atomic E-state index is 14.7. The second-order valence-corrected chi connectivity index (χ2v) is 14.6. The highest BCUT2D eigenvalue weighted by Crippen LogP contribution is 2.46. The number of anilines is 1. The number of ether oxygens (including phenoxy) is 1. The van der Waals surface area contributed by atoms with Crippen LogP contribution in [0.25, 0.3) is 27.1 Å². The fraction of sp³-hybridized carbons (Fsp3) is 0.244. The van der Waals surface area contributed by atoms with Crippen LogP contribution in [0.4, 0.5) is 30.2 Å². The van der Waals surface area contributed by atoms with Crippen molar-refractivity contribution < 1.29 is 27.8 Å². The Hall–Kier alpha value is -6.03. The quantitative estimate of drug-likeness (QED) is 0.125. The molecule has 3 aliphatic rings. The van der Waals surface area contributed by atoms with E-state index in [2.05, 4.69) is 26.9 Å². The number of hydrogen-bond donors (Lipinski definition) is 1. The Bertz CT molecular complexity index is 2700. The average Bonchev–Trinajstić information content (AvgIpc) is 3.19. The fourth-order valence-electron chi connectivity index (χ4n) is 8.59. The largest absolute Gasteiger partial charge is 0.481 e. The number of alkyl halides is 3. The van der Waals surface area contributed by atoms with Crippen molar-refractivity contribution in [1.29, 1.82) is 0 Å². The van der Waals surface area contributed by atoms with Crippen LogP contribution in [0, 0.1) is 0 Å². The predicted molar refractivity (Wildman–Crippen MR) is 209 cm³/mol. The van der Waals surface area contributed by atoms with Crippen LogP contribution >= 0.6 is 0 Å². The molecule has 7 nitrogen and oxygen atoms in total. The minimum absolute atomic E-state index is 0.118. The first kappa shape index (κ1) is 34.7. The van der Waals surface area contributed by atoms with Gasteiger partial charge in [-0.25, -0.2) is 4.58 Å². The van der Waals surface area contributed by atoms with Gasteiger partial charge in [0.1, 0.15) is 24.6 Å². The second kappa shape index (κ2) is 13.7. The molecular formula is C45H38F3N4O3+. The SMILES string of the molecule is CN(CCCC(=O)O)c1ccc(N=Nc2ccc3c4c(ccc3c2)C(c2ccccc2C(F)(F)F)=c2ccc3c5c6c(cc3c2O4)CCC[N+]=6CCC5)cc1. The zero-order valence-corrected chi connectivity index (χ0v) is 30.3. The Morgan fingerprint density at radius 3 is 2.36 bits per heavy atom. The van der Waals surface area contributed by atoms with E-state index in [1.54, 1.807) is 12.1 Å². The molecule has 0 bridgehead atoms. The van der Waals surface area contributed by atoms with Crippen LogP contribution in [-0.2, 0) is 23.8 Å². The van der Waals surface area contributed by atoms with Gasteiger partial charge in [0.2, 0.25) is 5.36 Å². The van der Waals surface area contributed by atoms with Crippen LogP contribution < -0.4 is 24.8 Å². The second-order valence-electron chi connectivity index (χ2n) is 14.6. The van der Waals surface area contributed by atoms with E-state index in [0.29, 0.717) is 52.2 Å². The monoisotopic (exact) mass is 739 g/mol. The van der Waals surface area contributed by atoms with Gasteiger partial charge in [0.15, 0.2) is 0 Å². The zero-order valence-electron chi connectivity index (χ0n) is 30.3. The maximum atomic E-state index is 14.7. The van der Waals surface area contributed by atoms with Gasteiger partial charge < -0.3 is 14.7 Å². The van der Waals surface area contributed by atoms with Gasteiger partial charge in [0.05, 0.1) is 16.9 Å². The standard InChI is InChI=1S/C45H37F3N4O3/c1-51(22-6-11-40(53)54)31-16-13-29(14-17-31)49-50-30-15-19-32-27(25-30)12-18-36-41(35-8-2-3-10-39(35)45(46,47)48)37-21-20-33-34-9-5-24-52-23-4-7-28(42(34)52)26-38(33)44(37)55-43(32)36/h2-3,8,10,12-21,25-26H,4-7,9,11,22-24H2,1H3/p+1. The number of fused-ring (bicyclic) bond motifs is 7. The molecule has 0 unspecified atom stereocenters. The molecule has 0 fully saturated rings. The number of hydrogen-bond acceptors (Lipinski definition) is 5. The minimum Gasteiger partial charge on any atom is -0.481 e. The highest BCUT2D eigenvalue weighted by atomic mass is 19.4. The third-order valence-corrected chi connectivity index (χ3v) is 11.1. The van der Waals surface area contributed by atoms with E-state index in [1.165, 1.54) is 22.6 Å². The topological polar surface area (TPSA) is 77.5 Å². The minimum atomic E-state index is -4.55. The molecule has 0 aliphatic carbocycles. The van der Waals surface area contributed by atoms with Crippen LogP contribution in [0.3, 0.4) is 0 Å². The molecule has 1 N–H and O–H groups in total. The van der Waals surface area contributed by atoms with Crippen molar-refractivity contribution in [3.8, 4) is 11.5 Å². The van der Waals surface area contributed by atoms with Crippen molar-refractivity contribution in [2.75, 3.05) is 31.6 Å². The van der Waals surface area contributed by atoms with Gasteiger partial charge in [0.25, 0.3) is 0 Å². The van der Waals surface area contributed by atoms with Gasteiger partial charge >= 0.3 is 12.1 Å². The summed E-state index contributed by atoms with van der Waals surface area (Å²) in [4.78, 5) is 12.9. The molecule has 6 aromatic carbocycles. The molecule has 0 spiro atoms. The molecule has 3 heterocycles. The molecule has 0 saturated heterocycles. The maximum Gasteiger partial charge on any atom is 0.417 e. The first-order valence-corrected chi connectivity index (χ1v) is 18.7. The number of benzene rings is 6. The number of aliphatic carboxylic acids is 1. The molecule has 10 heteroatoms. The van der Waals surface area contributed by atoms with Crippen LogP contribution in [0.2, 0.25) is 0 Å². The van der Waals surface area contributed by atoms with E-state index in [1.807, 2.05) is 72.6 Å². The molecule has 0 amide bonds. The van der Waals surface area contributed by atoms with Crippen LogP contribution in [0.5, 0.6) is 11.5 Å². The van der Waals surface area contributed by atoms with Crippen molar-refractivity contribution in [1.82, 2.24) is 4.58 Å². The number of aryl methyl sites for hydroxylation is 2. The number of azo groups is 1. The summed E-state index contributed by atoms with van der Waals surface area (Å²) in [5, 5.41) is 23.5. The number of carboxylic acids is 1. The smallest absolute Gasteiger partial charge is 0.417 e. The van der Waals surface area contributed by atoms with Crippen LogP contribution in [0.15, 0.2) is 107 Å². The van der Waals surface area contributed by atoms with E-state index >= 15 is 0 Å². The van der Waals surface area contributed by atoms with E-state index in [9.17, 15) is 18.0 Å². The summed E-state index contributed by atoms with van der Waals surface area (Å²) in [7, 11) is 1.92. The lowest BCUT2D eigenvalue weighted by atomic mass is 9.85. The third kappa shape index (κ3) is 6.29. The number of rotatable bonds is 8. The van der Waals surface area contributed by atoms with Crippen molar-refractivity contribution in [2.45, 2.75) is 44.7 Å². The number of carbonyl (C=O) groups is 1. The molecular weight excluding hydrogens is 702 g/mol. The zero-order chi connectivity index (χ0) is 37.8. The van der Waals surface area contributed by atoms with Gasteiger partial charge in [0, 0.05) is 76.8 Å². The summed E-state index contributed by atoms with van der Waals surface area (Å²) in [5.74, 6) is 0.299. The molecule has 9 rings (SSSR count). The summed E-state index contributed by atoms with van der Waals surface area (Å²) < 4.78 is 53.4. The summed E-state index contributed by atoms with van der Waals surface area (Å²) in [6.45, 7) is 2.71. The summed E-state index contributed by atoms with van der Waals surface area (Å²) in [6.07, 6.45) is 0.152. The lowest BCUT2D eigenvalue weighted by molar-refractivity contribution is -0.138. The molecule has 55 heavy (non-hydrogen) atoms. The van der Waals surface area contributed by atoms with Gasteiger partial charge in [-0.2, -0.15) is 23.4 Å². The van der Waals surface area contributed by atoms with Gasteiger partial charge in [-0.05, 0) is 102 Å². The number of halogens is 3. The lowest BCUT2D eigenvalue weighted by Crippen LogP contribution is -2.43. The van der Waals surface area contributed by atoms with Gasteiger partial charge in [-0.3, -0.25) is 4.79 Å². The third-order valence-electron chi connectivity index (χ3n) is 11.1. The number of carboxylic acid groups (broad SMARTS) is 1. The van der Waals surface area contributed by atoms with Crippen molar-refractivity contribution >= 4 is 50.1 Å². The van der Waals surface area contributed by atoms with E-state index in [-0.39, 0.29) is 12.0 Å². The average molecular weight is 740 g/mol. The summed E-state index contributed by atoms with van der Waals surface area (Å²) >= 11 is 0. The molecule has 276 valence electrons. The first-order valence-electron chi connectivity index (χ1n) is 18.7.